The van der Waals surface area contributed by atoms with E-state index in [1.54, 1.807) is 61.7 Å². The van der Waals surface area contributed by atoms with Gasteiger partial charge in [-0.25, -0.2) is 0 Å². The van der Waals surface area contributed by atoms with Gasteiger partial charge in [0.05, 0.1) is 18.4 Å². The largest absolute Gasteiger partial charge is 0.496 e. The van der Waals surface area contributed by atoms with Gasteiger partial charge in [0.25, 0.3) is 5.91 Å². The van der Waals surface area contributed by atoms with E-state index in [1.807, 2.05) is 0 Å². The number of nitrogens with one attached hydrogen (secondary N) is 1. The zero-order valence-corrected chi connectivity index (χ0v) is 14.8. The molecule has 0 saturated heterocycles. The van der Waals surface area contributed by atoms with E-state index in [9.17, 15) is 4.79 Å². The maximum absolute atomic E-state index is 12.3. The molecule has 1 N–H and O–H groups in total. The van der Waals surface area contributed by atoms with Gasteiger partial charge >= 0.3 is 0 Å². The highest BCUT2D eigenvalue weighted by molar-refractivity contribution is 6.31. The molecule has 0 saturated carbocycles. The number of pyridine rings is 1. The Hall–Kier alpha value is -2.56. The standard InChI is InChI=1S/C19H14Cl2N2O2/c1-25-18-9-5-14(21)10-16(18)17-8-2-12(11-22-17)19(24)23-15-6-3-13(20)4-7-15/h2-11H,1H3,(H,23,24). The molecule has 25 heavy (non-hydrogen) atoms. The van der Waals surface area contributed by atoms with Crippen molar-refractivity contribution in [1.29, 1.82) is 0 Å². The number of anilines is 1. The number of halogens is 2. The van der Waals surface area contributed by atoms with Gasteiger partial charge in [-0.3, -0.25) is 9.78 Å². The average molecular weight is 373 g/mol. The lowest BCUT2D eigenvalue weighted by Gasteiger charge is -2.09. The monoisotopic (exact) mass is 372 g/mol. The zero-order valence-electron chi connectivity index (χ0n) is 13.3. The lowest BCUT2D eigenvalue weighted by atomic mass is 10.1. The lowest BCUT2D eigenvalue weighted by Crippen LogP contribution is -2.12. The Balaban J connectivity index is 1.81. The fraction of sp³-hybridized carbons (Fsp3) is 0.0526. The second kappa shape index (κ2) is 7.55. The molecule has 3 rings (SSSR count). The Morgan fingerprint density at radius 2 is 1.72 bits per heavy atom. The Labute approximate surface area is 155 Å². The molecule has 1 amide bonds. The van der Waals surface area contributed by atoms with E-state index < -0.39 is 0 Å². The van der Waals surface area contributed by atoms with Crippen LogP contribution in [-0.4, -0.2) is 18.0 Å². The smallest absolute Gasteiger partial charge is 0.257 e. The van der Waals surface area contributed by atoms with Crippen LogP contribution in [0.1, 0.15) is 10.4 Å². The third-order valence-electron chi connectivity index (χ3n) is 3.57. The van der Waals surface area contributed by atoms with Gasteiger partial charge in [0, 0.05) is 27.5 Å². The Morgan fingerprint density at radius 3 is 2.36 bits per heavy atom. The van der Waals surface area contributed by atoms with Crippen molar-refractivity contribution in [2.24, 2.45) is 0 Å². The number of carbonyl (C=O) groups excluding carboxylic acids is 1. The molecular formula is C19H14Cl2N2O2. The van der Waals surface area contributed by atoms with Crippen LogP contribution in [0.5, 0.6) is 5.75 Å². The molecule has 3 aromatic rings. The minimum absolute atomic E-state index is 0.251. The second-order valence-electron chi connectivity index (χ2n) is 5.24. The first kappa shape index (κ1) is 17.3. The summed E-state index contributed by atoms with van der Waals surface area (Å²) in [5.41, 5.74) is 2.54. The summed E-state index contributed by atoms with van der Waals surface area (Å²) in [6.07, 6.45) is 1.51. The van der Waals surface area contributed by atoms with Crippen LogP contribution in [0.3, 0.4) is 0 Å². The average Bonchev–Trinajstić information content (AvgIpc) is 2.63. The summed E-state index contributed by atoms with van der Waals surface area (Å²) in [5.74, 6) is 0.412. The molecule has 0 bridgehead atoms. The van der Waals surface area contributed by atoms with E-state index in [0.717, 1.165) is 5.56 Å². The molecule has 0 aliphatic rings. The molecule has 2 aromatic carbocycles. The molecule has 0 aliphatic heterocycles. The van der Waals surface area contributed by atoms with E-state index >= 15 is 0 Å². The van der Waals surface area contributed by atoms with Crippen molar-refractivity contribution in [1.82, 2.24) is 4.98 Å². The molecule has 126 valence electrons. The molecular weight excluding hydrogens is 359 g/mol. The summed E-state index contributed by atoms with van der Waals surface area (Å²) in [6.45, 7) is 0. The molecule has 6 heteroatoms. The van der Waals surface area contributed by atoms with Crippen LogP contribution in [0.25, 0.3) is 11.3 Å². The normalized spacial score (nSPS) is 10.4. The number of hydrogen-bond donors (Lipinski definition) is 1. The second-order valence-corrected chi connectivity index (χ2v) is 6.11. The van der Waals surface area contributed by atoms with Crippen LogP contribution in [0.2, 0.25) is 10.0 Å². The number of hydrogen-bond acceptors (Lipinski definition) is 3. The van der Waals surface area contributed by atoms with E-state index in [1.165, 1.54) is 6.20 Å². The molecule has 0 unspecified atom stereocenters. The van der Waals surface area contributed by atoms with Crippen molar-refractivity contribution in [2.75, 3.05) is 12.4 Å². The van der Waals surface area contributed by atoms with Crippen LogP contribution >= 0.6 is 23.2 Å². The highest BCUT2D eigenvalue weighted by Crippen LogP contribution is 2.31. The van der Waals surface area contributed by atoms with Gasteiger partial charge in [0.2, 0.25) is 0 Å². The van der Waals surface area contributed by atoms with Crippen molar-refractivity contribution in [2.45, 2.75) is 0 Å². The van der Waals surface area contributed by atoms with Gasteiger partial charge in [-0.15, -0.1) is 0 Å². The number of amides is 1. The lowest BCUT2D eigenvalue weighted by molar-refractivity contribution is 0.102. The highest BCUT2D eigenvalue weighted by atomic mass is 35.5. The van der Waals surface area contributed by atoms with Gasteiger partial charge < -0.3 is 10.1 Å². The SMILES string of the molecule is COc1ccc(Cl)cc1-c1ccc(C(=O)Nc2ccc(Cl)cc2)cn1. The molecule has 0 fully saturated rings. The van der Waals surface area contributed by atoms with Crippen molar-refractivity contribution < 1.29 is 9.53 Å². The first-order valence-corrected chi connectivity index (χ1v) is 8.19. The van der Waals surface area contributed by atoms with E-state index in [4.69, 9.17) is 27.9 Å². The summed E-state index contributed by atoms with van der Waals surface area (Å²) < 4.78 is 5.33. The molecule has 1 heterocycles. The van der Waals surface area contributed by atoms with Crippen molar-refractivity contribution >= 4 is 34.8 Å². The number of methoxy groups -OCH3 is 1. The van der Waals surface area contributed by atoms with Crippen molar-refractivity contribution in [3.8, 4) is 17.0 Å². The summed E-state index contributed by atoms with van der Waals surface area (Å²) in [4.78, 5) is 16.6. The van der Waals surface area contributed by atoms with Crippen LogP contribution in [0.15, 0.2) is 60.8 Å². The predicted octanol–water partition coefficient (Wildman–Crippen LogP) is 5.32. The Bertz CT molecular complexity index is 894. The van der Waals surface area contributed by atoms with Gasteiger partial charge in [-0.05, 0) is 54.6 Å². The number of aromatic nitrogens is 1. The topological polar surface area (TPSA) is 51.2 Å². The summed E-state index contributed by atoms with van der Waals surface area (Å²) in [7, 11) is 1.58. The minimum atomic E-state index is -0.251. The van der Waals surface area contributed by atoms with Gasteiger partial charge in [0.15, 0.2) is 0 Å². The first-order valence-electron chi connectivity index (χ1n) is 7.44. The third-order valence-corrected chi connectivity index (χ3v) is 4.05. The van der Waals surface area contributed by atoms with Crippen LogP contribution < -0.4 is 10.1 Å². The van der Waals surface area contributed by atoms with Crippen LogP contribution in [0, 0.1) is 0 Å². The molecule has 0 atom stereocenters. The van der Waals surface area contributed by atoms with Crippen molar-refractivity contribution in [3.05, 3.63) is 76.4 Å². The highest BCUT2D eigenvalue weighted by Gasteiger charge is 2.11. The number of carbonyl (C=O) groups is 1. The van der Waals surface area contributed by atoms with Crippen LogP contribution in [0.4, 0.5) is 5.69 Å². The van der Waals surface area contributed by atoms with E-state index in [-0.39, 0.29) is 5.91 Å². The number of ether oxygens (including phenoxy) is 1. The molecule has 4 nitrogen and oxygen atoms in total. The first-order chi connectivity index (χ1) is 12.1. The predicted molar refractivity (Wildman–Crippen MR) is 101 cm³/mol. The molecule has 0 aliphatic carbocycles. The number of benzene rings is 2. The Kier molecular flexibility index (Phi) is 5.22. The van der Waals surface area contributed by atoms with Crippen molar-refractivity contribution in [3.63, 3.8) is 0 Å². The van der Waals surface area contributed by atoms with Gasteiger partial charge in [-0.2, -0.15) is 0 Å². The number of rotatable bonds is 4. The summed E-state index contributed by atoms with van der Waals surface area (Å²) in [6, 6.07) is 15.7. The molecule has 0 radical (unpaired) electrons. The third kappa shape index (κ3) is 4.10. The fourth-order valence-corrected chi connectivity index (χ4v) is 2.60. The minimum Gasteiger partial charge on any atom is -0.496 e. The summed E-state index contributed by atoms with van der Waals surface area (Å²) in [5, 5.41) is 3.99. The maximum atomic E-state index is 12.3. The van der Waals surface area contributed by atoms with E-state index in [2.05, 4.69) is 10.3 Å². The van der Waals surface area contributed by atoms with Gasteiger partial charge in [0.1, 0.15) is 5.75 Å². The summed E-state index contributed by atoms with van der Waals surface area (Å²) >= 11 is 11.9. The molecule has 0 spiro atoms. The maximum Gasteiger partial charge on any atom is 0.257 e. The number of nitrogens with zero attached hydrogens (tertiary/aromatic N) is 1. The zero-order chi connectivity index (χ0) is 17.8. The van der Waals surface area contributed by atoms with Crippen LogP contribution in [-0.2, 0) is 0 Å². The quantitative estimate of drug-likeness (QED) is 0.674. The van der Waals surface area contributed by atoms with E-state index in [0.29, 0.717) is 32.7 Å². The Morgan fingerprint density at radius 1 is 1.00 bits per heavy atom. The fourth-order valence-electron chi connectivity index (χ4n) is 2.30. The molecule has 1 aromatic heterocycles. The van der Waals surface area contributed by atoms with Gasteiger partial charge in [-0.1, -0.05) is 23.2 Å².